The van der Waals surface area contributed by atoms with Crippen molar-refractivity contribution in [3.05, 3.63) is 65.5 Å². The highest BCUT2D eigenvalue weighted by atomic mass is 32.2. The van der Waals surface area contributed by atoms with Crippen LogP contribution >= 0.6 is 0 Å². The number of alkyl halides is 3. The van der Waals surface area contributed by atoms with Crippen molar-refractivity contribution in [2.24, 2.45) is 13.0 Å². The van der Waals surface area contributed by atoms with Gasteiger partial charge in [0.2, 0.25) is 11.9 Å². The number of likely N-dealkylation sites (tertiary alicyclic amines) is 1. The molecule has 5 aromatic rings. The summed E-state index contributed by atoms with van der Waals surface area (Å²) in [7, 11) is 0.432. The Labute approximate surface area is 341 Å². The number of halogens is 3. The summed E-state index contributed by atoms with van der Waals surface area (Å²) >= 11 is 0. The molecule has 0 bridgehead atoms. The van der Waals surface area contributed by atoms with E-state index in [0.29, 0.717) is 66.5 Å². The fourth-order valence-electron chi connectivity index (χ4n) is 8.48. The van der Waals surface area contributed by atoms with Crippen molar-refractivity contribution in [2.75, 3.05) is 49.5 Å². The molecule has 3 saturated heterocycles. The predicted molar refractivity (Wildman–Crippen MR) is 215 cm³/mol. The molecule has 3 fully saturated rings. The van der Waals surface area contributed by atoms with Crippen molar-refractivity contribution < 1.29 is 27.0 Å². The number of imide groups is 1. The number of piperidine rings is 2. The van der Waals surface area contributed by atoms with Crippen molar-refractivity contribution in [3.8, 4) is 6.07 Å². The molecule has 2 unspecified atom stereocenters. The Kier molecular flexibility index (Phi) is 11.4. The van der Waals surface area contributed by atoms with Crippen LogP contribution in [0.4, 0.5) is 29.7 Å². The first-order valence-electron chi connectivity index (χ1n) is 19.8. The smallest absolute Gasteiger partial charge is 0.351 e. The molecule has 3 aliphatic rings. The number of anilines is 2. The van der Waals surface area contributed by atoms with Crippen LogP contribution in [0.25, 0.3) is 21.9 Å². The van der Waals surface area contributed by atoms with Gasteiger partial charge in [-0.3, -0.25) is 19.7 Å². The van der Waals surface area contributed by atoms with Crippen LogP contribution < -0.4 is 15.5 Å². The Hall–Kier alpha value is -5.45. The van der Waals surface area contributed by atoms with Gasteiger partial charge in [0.1, 0.15) is 17.5 Å². The molecule has 0 spiro atoms. The molecule has 2 aromatic carbocycles. The minimum Gasteiger partial charge on any atom is -0.351 e. The third-order valence-electron chi connectivity index (χ3n) is 11.5. The summed E-state index contributed by atoms with van der Waals surface area (Å²) in [6.45, 7) is 5.05. The molecule has 3 amide bonds. The number of nitrogens with zero attached hydrogens (tertiary/aromatic N) is 10. The lowest BCUT2D eigenvalue weighted by Gasteiger charge is -2.34. The van der Waals surface area contributed by atoms with E-state index in [1.54, 1.807) is 16.8 Å². The molecule has 15 nitrogen and oxygen atoms in total. The average Bonchev–Trinajstić information content (AvgIpc) is 3.76. The SMILES string of the molecule is CC(Cc1cc(S(=O)N2CCC(Nc3ncc4cnn(CC(F)(F)F)c4n3)CC2)ccc1C#N)CN1CCC(c2ccc3c(N4CCC(=O)NC4=O)nn(C)c3c2)CC1. The van der Waals surface area contributed by atoms with Gasteiger partial charge >= 0.3 is 12.2 Å². The van der Waals surface area contributed by atoms with Crippen LogP contribution in [0.15, 0.2) is 53.7 Å². The summed E-state index contributed by atoms with van der Waals surface area (Å²) in [6.07, 6.45) is 2.52. The van der Waals surface area contributed by atoms with Crippen molar-refractivity contribution in [1.29, 1.82) is 5.26 Å². The summed E-state index contributed by atoms with van der Waals surface area (Å²) < 4.78 is 57.3. The fourth-order valence-corrected chi connectivity index (χ4v) is 9.75. The highest BCUT2D eigenvalue weighted by Crippen LogP contribution is 2.34. The number of aryl methyl sites for hydroxylation is 1. The molecule has 2 N–H and O–H groups in total. The largest absolute Gasteiger partial charge is 0.408 e. The number of hydrogen-bond donors (Lipinski definition) is 2. The minimum atomic E-state index is -4.43. The number of carbonyl (C=O) groups is 2. The van der Waals surface area contributed by atoms with E-state index in [9.17, 15) is 32.2 Å². The first-order chi connectivity index (χ1) is 28.3. The molecular formula is C40H45F3N12O3S. The summed E-state index contributed by atoms with van der Waals surface area (Å²) in [5.74, 6) is 1.14. The monoisotopic (exact) mass is 830 g/mol. The van der Waals surface area contributed by atoms with Crippen molar-refractivity contribution in [1.82, 2.24) is 44.1 Å². The molecule has 2 atom stereocenters. The Bertz CT molecular complexity index is 2450. The number of amides is 3. The van der Waals surface area contributed by atoms with Crippen molar-refractivity contribution in [3.63, 3.8) is 0 Å². The van der Waals surface area contributed by atoms with Crippen LogP contribution in [0.1, 0.15) is 61.6 Å². The van der Waals surface area contributed by atoms with E-state index in [1.807, 2.05) is 23.5 Å². The van der Waals surface area contributed by atoms with Crippen LogP contribution in [-0.4, -0.2) is 106 Å². The number of benzene rings is 2. The van der Waals surface area contributed by atoms with Crippen LogP contribution in [0.3, 0.4) is 0 Å². The molecule has 19 heteroatoms. The highest BCUT2D eigenvalue weighted by Gasteiger charge is 2.31. The zero-order valence-corrected chi connectivity index (χ0v) is 33.6. The van der Waals surface area contributed by atoms with Gasteiger partial charge < -0.3 is 10.2 Å². The van der Waals surface area contributed by atoms with E-state index in [-0.39, 0.29) is 35.9 Å². The zero-order valence-electron chi connectivity index (χ0n) is 32.8. The van der Waals surface area contributed by atoms with Crippen LogP contribution in [0.5, 0.6) is 0 Å². The molecule has 310 valence electrons. The maximum Gasteiger partial charge on any atom is 0.408 e. The Morgan fingerprint density at radius 3 is 2.54 bits per heavy atom. The van der Waals surface area contributed by atoms with E-state index >= 15 is 0 Å². The predicted octanol–water partition coefficient (Wildman–Crippen LogP) is 5.25. The van der Waals surface area contributed by atoms with Gasteiger partial charge in [0, 0.05) is 57.3 Å². The number of aromatic nitrogens is 6. The number of nitrogens with one attached hydrogen (secondary N) is 2. The second kappa shape index (κ2) is 16.7. The Morgan fingerprint density at radius 2 is 1.81 bits per heavy atom. The van der Waals surface area contributed by atoms with Crippen molar-refractivity contribution in [2.45, 2.75) is 75.0 Å². The zero-order chi connectivity index (χ0) is 41.4. The Balaban J connectivity index is 0.834. The lowest BCUT2D eigenvalue weighted by Crippen LogP contribution is -2.49. The van der Waals surface area contributed by atoms with E-state index in [0.717, 1.165) is 53.6 Å². The van der Waals surface area contributed by atoms with Gasteiger partial charge in [0.15, 0.2) is 11.5 Å². The number of nitriles is 1. The molecule has 59 heavy (non-hydrogen) atoms. The topological polar surface area (TPSA) is 170 Å². The van der Waals surface area contributed by atoms with E-state index in [1.165, 1.54) is 22.9 Å². The average molecular weight is 831 g/mol. The molecule has 8 rings (SSSR count). The normalized spacial score (nSPS) is 18.9. The number of fused-ring (bicyclic) bond motifs is 2. The van der Waals surface area contributed by atoms with Crippen LogP contribution in [0, 0.1) is 17.2 Å². The minimum absolute atomic E-state index is 0.0507. The summed E-state index contributed by atoms with van der Waals surface area (Å²) in [6, 6.07) is 13.6. The standard InChI is InChI=1S/C40H45F3N12O3S/c1-25(23-52-12-7-26(8-13-52)27-4-6-33-34(19-27)51(2)50-37(33)54-16-11-35(56)48-39(54)57)17-29-18-32(5-3-28(29)20-44)59(58)53-14-9-31(10-15-53)47-38-45-21-30-22-46-55(36(30)49-38)24-40(41,42)43/h3-6,18-19,21-22,25-26,31H,7-17,23-24H2,1-2H3,(H,45,47,49)(H,48,56,57). The van der Waals surface area contributed by atoms with Gasteiger partial charge in [0.25, 0.3) is 0 Å². The van der Waals surface area contributed by atoms with Crippen LogP contribution in [0.2, 0.25) is 0 Å². The molecule has 0 radical (unpaired) electrons. The third-order valence-corrected chi connectivity index (χ3v) is 13.0. The first kappa shape index (κ1) is 40.3. The number of hydrogen-bond acceptors (Lipinski definition) is 10. The lowest BCUT2D eigenvalue weighted by atomic mass is 9.88. The highest BCUT2D eigenvalue weighted by molar-refractivity contribution is 7.82. The van der Waals surface area contributed by atoms with Crippen LogP contribution in [-0.2, 0) is 35.8 Å². The summed E-state index contributed by atoms with van der Waals surface area (Å²) in [5.41, 5.74) is 3.75. The van der Waals surface area contributed by atoms with Crippen molar-refractivity contribution >= 4 is 56.6 Å². The van der Waals surface area contributed by atoms with Gasteiger partial charge in [-0.25, -0.2) is 23.0 Å². The third kappa shape index (κ3) is 8.94. The van der Waals surface area contributed by atoms with Gasteiger partial charge in [-0.15, -0.1) is 0 Å². The molecule has 3 aliphatic heterocycles. The van der Waals surface area contributed by atoms with Gasteiger partial charge in [-0.05, 0) is 98.5 Å². The number of carbonyl (C=O) groups excluding carboxylic acids is 2. The van der Waals surface area contributed by atoms with E-state index < -0.39 is 29.7 Å². The quantitative estimate of drug-likeness (QED) is 0.179. The maximum absolute atomic E-state index is 13.8. The van der Waals surface area contributed by atoms with Gasteiger partial charge in [-0.2, -0.15) is 33.6 Å². The molecule has 0 saturated carbocycles. The second-order valence-electron chi connectivity index (χ2n) is 15.8. The number of rotatable bonds is 11. The first-order valence-corrected chi connectivity index (χ1v) is 20.9. The molecule has 3 aromatic heterocycles. The summed E-state index contributed by atoms with van der Waals surface area (Å²) in [4.78, 5) is 37.4. The molecule has 0 aliphatic carbocycles. The van der Waals surface area contributed by atoms with Gasteiger partial charge in [0.05, 0.1) is 33.6 Å². The number of urea groups is 1. The second-order valence-corrected chi connectivity index (χ2v) is 17.3. The van der Waals surface area contributed by atoms with Gasteiger partial charge in [-0.1, -0.05) is 13.0 Å². The summed E-state index contributed by atoms with van der Waals surface area (Å²) in [5, 5.41) is 25.3. The van der Waals surface area contributed by atoms with E-state index in [4.69, 9.17) is 0 Å². The molecular weight excluding hydrogens is 786 g/mol. The maximum atomic E-state index is 13.8. The molecule has 6 heterocycles. The Morgan fingerprint density at radius 1 is 1.03 bits per heavy atom. The fraction of sp³-hybridized carbons (Fsp3) is 0.475. The van der Waals surface area contributed by atoms with E-state index in [2.05, 4.69) is 60.8 Å². The lowest BCUT2D eigenvalue weighted by molar-refractivity contribution is -0.142.